The Hall–Kier alpha value is -1.36. The number of nitrogens with one attached hydrogen (secondary N) is 2. The van der Waals surface area contributed by atoms with E-state index in [0.29, 0.717) is 6.54 Å². The molecule has 1 aliphatic rings. The number of nitrogens with zero attached hydrogens (tertiary/aromatic N) is 2. The molecule has 1 aliphatic carbocycles. The summed E-state index contributed by atoms with van der Waals surface area (Å²) < 4.78 is 1.44. The quantitative estimate of drug-likeness (QED) is 0.696. The molecule has 5 heteroatoms. The van der Waals surface area contributed by atoms with Crippen molar-refractivity contribution in [3.05, 3.63) is 18.7 Å². The van der Waals surface area contributed by atoms with Crippen molar-refractivity contribution in [2.75, 3.05) is 13.1 Å². The minimum Gasteiger partial charge on any atom is -0.337 e. The van der Waals surface area contributed by atoms with Crippen molar-refractivity contribution >= 4 is 6.03 Å². The summed E-state index contributed by atoms with van der Waals surface area (Å²) in [6.07, 6.45) is 8.31. The van der Waals surface area contributed by atoms with Gasteiger partial charge in [-0.1, -0.05) is 0 Å². The van der Waals surface area contributed by atoms with Gasteiger partial charge in [0.25, 0.3) is 0 Å². The first-order valence-electron chi connectivity index (χ1n) is 5.36. The molecule has 1 aromatic heterocycles. The SMILES string of the molecule is O=C(NCCCNC1CC1)n1ccnc1. The first kappa shape index (κ1) is 10.2. The highest BCUT2D eigenvalue weighted by molar-refractivity contribution is 5.76. The van der Waals surface area contributed by atoms with E-state index in [-0.39, 0.29) is 6.03 Å². The number of imidazole rings is 1. The van der Waals surface area contributed by atoms with Crippen LogP contribution in [0.4, 0.5) is 4.79 Å². The van der Waals surface area contributed by atoms with E-state index in [9.17, 15) is 4.79 Å². The van der Waals surface area contributed by atoms with Gasteiger partial charge in [0.1, 0.15) is 6.33 Å². The van der Waals surface area contributed by atoms with Gasteiger partial charge in [0, 0.05) is 25.0 Å². The second-order valence-corrected chi connectivity index (χ2v) is 3.78. The van der Waals surface area contributed by atoms with Gasteiger partial charge in [-0.05, 0) is 25.8 Å². The molecule has 5 nitrogen and oxygen atoms in total. The fourth-order valence-corrected chi connectivity index (χ4v) is 1.35. The summed E-state index contributed by atoms with van der Waals surface area (Å²) in [5.74, 6) is 0. The lowest BCUT2D eigenvalue weighted by atomic mass is 10.4. The molecule has 1 amide bonds. The van der Waals surface area contributed by atoms with Crippen LogP contribution in [0.3, 0.4) is 0 Å². The lowest BCUT2D eigenvalue weighted by molar-refractivity contribution is 0.242. The summed E-state index contributed by atoms with van der Waals surface area (Å²) in [5.41, 5.74) is 0. The first-order valence-corrected chi connectivity index (χ1v) is 5.36. The average molecular weight is 208 g/mol. The zero-order valence-corrected chi connectivity index (χ0v) is 8.65. The van der Waals surface area contributed by atoms with E-state index in [1.54, 1.807) is 12.4 Å². The van der Waals surface area contributed by atoms with E-state index in [1.807, 2.05) is 0 Å². The van der Waals surface area contributed by atoms with Gasteiger partial charge in [-0.3, -0.25) is 4.57 Å². The zero-order chi connectivity index (χ0) is 10.5. The Morgan fingerprint density at radius 2 is 2.33 bits per heavy atom. The molecule has 1 heterocycles. The van der Waals surface area contributed by atoms with Gasteiger partial charge in [0.05, 0.1) is 0 Å². The van der Waals surface area contributed by atoms with E-state index >= 15 is 0 Å². The van der Waals surface area contributed by atoms with E-state index in [2.05, 4.69) is 15.6 Å². The summed E-state index contributed by atoms with van der Waals surface area (Å²) >= 11 is 0. The molecular weight excluding hydrogens is 192 g/mol. The Labute approximate surface area is 88.9 Å². The maximum atomic E-state index is 11.4. The number of hydrogen-bond acceptors (Lipinski definition) is 3. The molecule has 1 aromatic rings. The van der Waals surface area contributed by atoms with Crippen molar-refractivity contribution in [2.24, 2.45) is 0 Å². The monoisotopic (exact) mass is 208 g/mol. The summed E-state index contributed by atoms with van der Waals surface area (Å²) in [5, 5.41) is 6.22. The fourth-order valence-electron chi connectivity index (χ4n) is 1.35. The van der Waals surface area contributed by atoms with Crippen LogP contribution in [-0.2, 0) is 0 Å². The Morgan fingerprint density at radius 1 is 1.47 bits per heavy atom. The number of rotatable bonds is 5. The van der Waals surface area contributed by atoms with Gasteiger partial charge < -0.3 is 10.6 Å². The summed E-state index contributed by atoms with van der Waals surface area (Å²) in [6.45, 7) is 1.69. The maximum Gasteiger partial charge on any atom is 0.326 e. The second kappa shape index (κ2) is 4.93. The Kier molecular flexibility index (Phi) is 3.34. The lowest BCUT2D eigenvalue weighted by Gasteiger charge is -2.05. The molecule has 0 unspecified atom stereocenters. The molecule has 82 valence electrons. The summed E-state index contributed by atoms with van der Waals surface area (Å²) in [6, 6.07) is 0.633. The summed E-state index contributed by atoms with van der Waals surface area (Å²) in [4.78, 5) is 15.2. The van der Waals surface area contributed by atoms with Crippen molar-refractivity contribution in [3.8, 4) is 0 Å². The number of hydrogen-bond donors (Lipinski definition) is 2. The largest absolute Gasteiger partial charge is 0.337 e. The normalized spacial score (nSPS) is 15.2. The molecular formula is C10H16N4O. The molecule has 2 rings (SSSR count). The minimum absolute atomic E-state index is 0.112. The zero-order valence-electron chi connectivity index (χ0n) is 8.65. The Bertz CT molecular complexity index is 305. The van der Waals surface area contributed by atoms with Crippen LogP contribution in [0.25, 0.3) is 0 Å². The molecule has 0 bridgehead atoms. The van der Waals surface area contributed by atoms with Gasteiger partial charge in [-0.2, -0.15) is 0 Å². The van der Waals surface area contributed by atoms with Gasteiger partial charge >= 0.3 is 6.03 Å². The van der Waals surface area contributed by atoms with E-state index in [1.165, 1.54) is 23.7 Å². The van der Waals surface area contributed by atoms with Crippen molar-refractivity contribution in [3.63, 3.8) is 0 Å². The molecule has 0 aliphatic heterocycles. The molecule has 0 aromatic carbocycles. The van der Waals surface area contributed by atoms with E-state index in [4.69, 9.17) is 0 Å². The minimum atomic E-state index is -0.112. The van der Waals surface area contributed by atoms with Crippen molar-refractivity contribution in [1.29, 1.82) is 0 Å². The van der Waals surface area contributed by atoms with Gasteiger partial charge in [-0.15, -0.1) is 0 Å². The fraction of sp³-hybridized carbons (Fsp3) is 0.600. The van der Waals surface area contributed by atoms with Crippen LogP contribution in [0.15, 0.2) is 18.7 Å². The maximum absolute atomic E-state index is 11.4. The standard InChI is InChI=1S/C10H16N4O/c15-10(14-7-6-11-8-14)13-5-1-4-12-9-2-3-9/h6-9,12H,1-5H2,(H,13,15). The number of aromatic nitrogens is 2. The predicted molar refractivity (Wildman–Crippen MR) is 56.7 cm³/mol. The molecule has 2 N–H and O–H groups in total. The molecule has 0 spiro atoms. The molecule has 0 saturated heterocycles. The van der Waals surface area contributed by atoms with Crippen molar-refractivity contribution in [1.82, 2.24) is 20.2 Å². The van der Waals surface area contributed by atoms with Gasteiger partial charge in [0.2, 0.25) is 0 Å². The van der Waals surface area contributed by atoms with Crippen molar-refractivity contribution < 1.29 is 4.79 Å². The topological polar surface area (TPSA) is 59.0 Å². The number of carbonyl (C=O) groups is 1. The highest BCUT2D eigenvalue weighted by Gasteiger charge is 2.19. The van der Waals surface area contributed by atoms with E-state index in [0.717, 1.165) is 19.0 Å². The molecule has 15 heavy (non-hydrogen) atoms. The highest BCUT2D eigenvalue weighted by Crippen LogP contribution is 2.18. The average Bonchev–Trinajstić information content (AvgIpc) is 2.90. The van der Waals surface area contributed by atoms with Crippen molar-refractivity contribution in [2.45, 2.75) is 25.3 Å². The molecule has 0 radical (unpaired) electrons. The summed E-state index contributed by atoms with van der Waals surface area (Å²) in [7, 11) is 0. The Balaban J connectivity index is 1.55. The Morgan fingerprint density at radius 3 is 3.00 bits per heavy atom. The molecule has 1 fully saturated rings. The van der Waals surface area contributed by atoms with Crippen LogP contribution in [0.1, 0.15) is 19.3 Å². The third-order valence-electron chi connectivity index (χ3n) is 2.38. The number of amides is 1. The third kappa shape index (κ3) is 3.36. The van der Waals surface area contributed by atoms with Crippen LogP contribution in [0.2, 0.25) is 0 Å². The highest BCUT2D eigenvalue weighted by atomic mass is 16.2. The lowest BCUT2D eigenvalue weighted by Crippen LogP contribution is -2.30. The van der Waals surface area contributed by atoms with Gasteiger partial charge in [-0.25, -0.2) is 9.78 Å². The number of carbonyl (C=O) groups excluding carboxylic acids is 1. The van der Waals surface area contributed by atoms with Gasteiger partial charge in [0.15, 0.2) is 0 Å². The van der Waals surface area contributed by atoms with Crippen LogP contribution in [0, 0.1) is 0 Å². The first-order chi connectivity index (χ1) is 7.36. The smallest absolute Gasteiger partial charge is 0.326 e. The van der Waals surface area contributed by atoms with E-state index < -0.39 is 0 Å². The van der Waals surface area contributed by atoms with Crippen LogP contribution < -0.4 is 10.6 Å². The van der Waals surface area contributed by atoms with Crippen LogP contribution in [0.5, 0.6) is 0 Å². The molecule has 1 saturated carbocycles. The second-order valence-electron chi connectivity index (χ2n) is 3.78. The predicted octanol–water partition coefficient (Wildman–Crippen LogP) is 0.583. The van der Waals surface area contributed by atoms with Crippen LogP contribution in [-0.4, -0.2) is 34.7 Å². The molecule has 0 atom stereocenters. The third-order valence-corrected chi connectivity index (χ3v) is 2.38. The van der Waals surface area contributed by atoms with Crippen LogP contribution >= 0.6 is 0 Å².